The van der Waals surface area contributed by atoms with Crippen molar-refractivity contribution in [3.8, 4) is 0 Å². The fourth-order valence-corrected chi connectivity index (χ4v) is 2.20. The normalized spacial score (nSPS) is 12.8. The molecule has 1 rings (SSSR count). The van der Waals surface area contributed by atoms with Crippen LogP contribution in [-0.2, 0) is 4.79 Å². The Morgan fingerprint density at radius 1 is 1.37 bits per heavy atom. The van der Waals surface area contributed by atoms with Crippen LogP contribution in [0, 0.1) is 5.92 Å². The average Bonchev–Trinajstić information content (AvgIpc) is 2.30. The minimum Gasteiger partial charge on any atom is -0.324 e. The highest BCUT2D eigenvalue weighted by Gasteiger charge is 2.17. The minimum atomic E-state index is -2.53. The molecule has 0 fully saturated rings. The first kappa shape index (κ1) is 15.9. The Labute approximate surface area is 115 Å². The van der Waals surface area contributed by atoms with Gasteiger partial charge in [0.1, 0.15) is 0 Å². The van der Waals surface area contributed by atoms with Gasteiger partial charge in [-0.25, -0.2) is 0 Å². The number of amides is 1. The summed E-state index contributed by atoms with van der Waals surface area (Å²) in [4.78, 5) is 12.2. The molecule has 0 spiro atoms. The number of hydrogen-bond acceptors (Lipinski definition) is 3. The van der Waals surface area contributed by atoms with Crippen LogP contribution < -0.4 is 11.1 Å². The van der Waals surface area contributed by atoms with Crippen LogP contribution in [0.15, 0.2) is 29.2 Å². The average molecular weight is 288 g/mol. The van der Waals surface area contributed by atoms with E-state index in [-0.39, 0.29) is 5.91 Å². The molecule has 3 N–H and O–H groups in total. The van der Waals surface area contributed by atoms with Gasteiger partial charge in [-0.05, 0) is 24.5 Å². The Balaban J connectivity index is 2.73. The highest BCUT2D eigenvalue weighted by Crippen LogP contribution is 2.31. The van der Waals surface area contributed by atoms with Crippen LogP contribution in [-0.4, -0.2) is 17.7 Å². The Morgan fingerprint density at radius 3 is 2.58 bits per heavy atom. The standard InChI is InChI=1S/C13H18F2N2OS/c1-8(2)7-9(16)12(18)17-10-5-3-4-6-11(10)19-13(14)15/h3-6,8-9,13H,7,16H2,1-2H3,(H,17,18)/t9-/m1/s1. The van der Waals surface area contributed by atoms with E-state index in [9.17, 15) is 13.6 Å². The fraction of sp³-hybridized carbons (Fsp3) is 0.462. The largest absolute Gasteiger partial charge is 0.324 e. The fourth-order valence-electron chi connectivity index (χ4n) is 1.61. The maximum atomic E-state index is 12.4. The minimum absolute atomic E-state index is 0.298. The number of thioether (sulfide) groups is 1. The molecule has 0 saturated carbocycles. The number of carbonyl (C=O) groups is 1. The topological polar surface area (TPSA) is 55.1 Å². The molecular formula is C13H18F2N2OS. The first-order chi connectivity index (χ1) is 8.90. The molecule has 0 unspecified atom stereocenters. The van der Waals surface area contributed by atoms with E-state index in [2.05, 4.69) is 5.32 Å². The zero-order chi connectivity index (χ0) is 14.4. The number of carbonyl (C=O) groups excluding carboxylic acids is 1. The molecule has 0 aliphatic carbocycles. The maximum absolute atomic E-state index is 12.4. The van der Waals surface area contributed by atoms with Crippen molar-refractivity contribution in [1.82, 2.24) is 0 Å². The smallest absolute Gasteiger partial charge is 0.288 e. The van der Waals surface area contributed by atoms with Crippen LogP contribution in [0.4, 0.5) is 14.5 Å². The van der Waals surface area contributed by atoms with Crippen molar-refractivity contribution in [1.29, 1.82) is 0 Å². The molecule has 1 aromatic rings. The summed E-state index contributed by atoms with van der Waals surface area (Å²) in [6.07, 6.45) is 0.552. The van der Waals surface area contributed by atoms with Crippen LogP contribution >= 0.6 is 11.8 Å². The van der Waals surface area contributed by atoms with Crippen molar-refractivity contribution in [2.75, 3.05) is 5.32 Å². The van der Waals surface area contributed by atoms with Crippen LogP contribution in [0.25, 0.3) is 0 Å². The Bertz CT molecular complexity index is 427. The van der Waals surface area contributed by atoms with E-state index in [0.717, 1.165) is 0 Å². The number of nitrogens with two attached hydrogens (primary N) is 1. The molecule has 1 atom stereocenters. The molecule has 0 saturated heterocycles. The van der Waals surface area contributed by atoms with Crippen LogP contribution in [0.1, 0.15) is 20.3 Å². The Kier molecular flexibility index (Phi) is 6.24. The van der Waals surface area contributed by atoms with Gasteiger partial charge in [-0.1, -0.05) is 37.7 Å². The van der Waals surface area contributed by atoms with Crippen molar-refractivity contribution in [2.45, 2.75) is 37.0 Å². The maximum Gasteiger partial charge on any atom is 0.288 e. The lowest BCUT2D eigenvalue weighted by molar-refractivity contribution is -0.117. The highest BCUT2D eigenvalue weighted by atomic mass is 32.2. The lowest BCUT2D eigenvalue weighted by Crippen LogP contribution is -2.36. The second kappa shape index (κ2) is 7.45. The molecule has 3 nitrogen and oxygen atoms in total. The molecule has 0 aliphatic heterocycles. The van der Waals surface area contributed by atoms with Gasteiger partial charge in [-0.3, -0.25) is 4.79 Å². The predicted molar refractivity (Wildman–Crippen MR) is 74.4 cm³/mol. The summed E-state index contributed by atoms with van der Waals surface area (Å²) in [5.41, 5.74) is 6.12. The van der Waals surface area contributed by atoms with Gasteiger partial charge in [-0.15, -0.1) is 0 Å². The molecule has 19 heavy (non-hydrogen) atoms. The summed E-state index contributed by atoms with van der Waals surface area (Å²) in [7, 11) is 0. The summed E-state index contributed by atoms with van der Waals surface area (Å²) in [6, 6.07) is 5.82. The van der Waals surface area contributed by atoms with E-state index in [1.807, 2.05) is 13.8 Å². The third kappa shape index (κ3) is 5.57. The van der Waals surface area contributed by atoms with Crippen LogP contribution in [0.3, 0.4) is 0 Å². The number of para-hydroxylation sites is 1. The first-order valence-electron chi connectivity index (χ1n) is 6.00. The van der Waals surface area contributed by atoms with Crippen molar-refractivity contribution >= 4 is 23.4 Å². The number of hydrogen-bond donors (Lipinski definition) is 2. The van der Waals surface area contributed by atoms with Gasteiger partial charge in [0.2, 0.25) is 5.91 Å². The lowest BCUT2D eigenvalue weighted by Gasteiger charge is -2.15. The third-order valence-electron chi connectivity index (χ3n) is 2.42. The van der Waals surface area contributed by atoms with Crippen molar-refractivity contribution < 1.29 is 13.6 Å². The second-order valence-corrected chi connectivity index (χ2v) is 5.63. The number of rotatable bonds is 6. The molecular weight excluding hydrogens is 270 g/mol. The van der Waals surface area contributed by atoms with E-state index in [1.165, 1.54) is 0 Å². The molecule has 0 aromatic heterocycles. The van der Waals surface area contributed by atoms with Gasteiger partial charge >= 0.3 is 0 Å². The molecule has 0 aliphatic rings. The van der Waals surface area contributed by atoms with Gasteiger partial charge in [0.05, 0.1) is 11.7 Å². The van der Waals surface area contributed by atoms with E-state index in [4.69, 9.17) is 5.73 Å². The van der Waals surface area contributed by atoms with Crippen LogP contribution in [0.2, 0.25) is 0 Å². The molecule has 0 heterocycles. The summed E-state index contributed by atoms with van der Waals surface area (Å²) >= 11 is 0.404. The number of anilines is 1. The summed E-state index contributed by atoms with van der Waals surface area (Å²) in [5, 5.41) is 2.60. The summed E-state index contributed by atoms with van der Waals surface area (Å²) < 4.78 is 24.8. The Hall–Kier alpha value is -1.14. The van der Waals surface area contributed by atoms with Gasteiger partial charge in [-0.2, -0.15) is 8.78 Å². The van der Waals surface area contributed by atoms with E-state index in [1.54, 1.807) is 24.3 Å². The number of nitrogens with one attached hydrogen (secondary N) is 1. The number of benzene rings is 1. The molecule has 6 heteroatoms. The number of halogens is 2. The van der Waals surface area contributed by atoms with Crippen LogP contribution in [0.5, 0.6) is 0 Å². The van der Waals surface area contributed by atoms with Gasteiger partial charge in [0.25, 0.3) is 5.76 Å². The Morgan fingerprint density at radius 2 is 2.00 bits per heavy atom. The second-order valence-electron chi connectivity index (χ2n) is 4.60. The van der Waals surface area contributed by atoms with E-state index in [0.29, 0.717) is 34.7 Å². The predicted octanol–water partition coefficient (Wildman–Crippen LogP) is 3.31. The zero-order valence-corrected chi connectivity index (χ0v) is 11.7. The quantitative estimate of drug-likeness (QED) is 0.790. The lowest BCUT2D eigenvalue weighted by atomic mass is 10.0. The van der Waals surface area contributed by atoms with Crippen molar-refractivity contribution in [3.05, 3.63) is 24.3 Å². The monoisotopic (exact) mass is 288 g/mol. The summed E-state index contributed by atoms with van der Waals surface area (Å²) in [5.74, 6) is -2.58. The summed E-state index contributed by atoms with van der Waals surface area (Å²) in [6.45, 7) is 3.93. The van der Waals surface area contributed by atoms with Gasteiger partial charge < -0.3 is 11.1 Å². The van der Waals surface area contributed by atoms with Crippen molar-refractivity contribution in [3.63, 3.8) is 0 Å². The first-order valence-corrected chi connectivity index (χ1v) is 6.88. The number of alkyl halides is 2. The molecule has 1 aromatic carbocycles. The molecule has 0 bridgehead atoms. The van der Waals surface area contributed by atoms with E-state index < -0.39 is 11.8 Å². The molecule has 1 amide bonds. The van der Waals surface area contributed by atoms with Crippen molar-refractivity contribution in [2.24, 2.45) is 11.7 Å². The molecule has 0 radical (unpaired) electrons. The third-order valence-corrected chi connectivity index (χ3v) is 3.21. The SMILES string of the molecule is CC(C)C[C@@H](N)C(=O)Nc1ccccc1SC(F)F. The molecule has 106 valence electrons. The van der Waals surface area contributed by atoms with Gasteiger partial charge in [0.15, 0.2) is 0 Å². The van der Waals surface area contributed by atoms with E-state index >= 15 is 0 Å². The zero-order valence-electron chi connectivity index (χ0n) is 10.9. The van der Waals surface area contributed by atoms with Gasteiger partial charge in [0, 0.05) is 4.90 Å². The highest BCUT2D eigenvalue weighted by molar-refractivity contribution is 7.99.